The molecule has 0 N–H and O–H groups in total. The Hall–Kier alpha value is -0.426. The van der Waals surface area contributed by atoms with E-state index in [9.17, 15) is 13.6 Å². The molecule has 2 rings (SSSR count). The van der Waals surface area contributed by atoms with Crippen LogP contribution in [-0.2, 0) is 39.3 Å². The zero-order valence-corrected chi connectivity index (χ0v) is 17.6. The molecule has 2 aromatic rings. The van der Waals surface area contributed by atoms with Gasteiger partial charge >= 0.3 is 0 Å². The summed E-state index contributed by atoms with van der Waals surface area (Å²) in [5.74, 6) is 1.05. The van der Waals surface area contributed by atoms with Crippen LogP contribution in [0.25, 0.3) is 11.3 Å². The van der Waals surface area contributed by atoms with Gasteiger partial charge in [-0.2, -0.15) is 12.1 Å². The summed E-state index contributed by atoms with van der Waals surface area (Å²) in [6, 6.07) is 9.27. The molecule has 0 aliphatic rings. The predicted octanol–water partition coefficient (Wildman–Crippen LogP) is 4.24. The van der Waals surface area contributed by atoms with Crippen molar-refractivity contribution >= 4 is 23.4 Å². The number of halogens is 3. The first-order valence-corrected chi connectivity index (χ1v) is 8.53. The number of rotatable bonds is 6. The minimum absolute atomic E-state index is 0. The van der Waals surface area contributed by atoms with Crippen LogP contribution in [0, 0.1) is 13.0 Å². The number of benzene rings is 1. The van der Waals surface area contributed by atoms with Crippen LogP contribution in [0.4, 0.5) is 8.78 Å². The summed E-state index contributed by atoms with van der Waals surface area (Å²) in [5, 5.41) is 0.311. The van der Waals surface area contributed by atoms with E-state index in [4.69, 9.17) is 16.3 Å². The second-order valence-electron chi connectivity index (χ2n) is 4.82. The first-order chi connectivity index (χ1) is 10.9. The van der Waals surface area contributed by atoms with E-state index < -0.39 is 18.5 Å². The monoisotopic (exact) mass is 447 g/mol. The van der Waals surface area contributed by atoms with E-state index in [1.807, 2.05) is 6.26 Å². The molecule has 0 aliphatic carbocycles. The Kier molecular flexibility index (Phi) is 8.92. The van der Waals surface area contributed by atoms with E-state index in [1.54, 1.807) is 25.1 Å². The summed E-state index contributed by atoms with van der Waals surface area (Å²) in [6.45, 7) is 0.860. The van der Waals surface area contributed by atoms with Crippen LogP contribution in [0.3, 0.4) is 0 Å². The predicted molar refractivity (Wildman–Crippen MR) is 89.7 cm³/mol. The molecule has 0 aliphatic heterocycles. The second-order valence-corrected chi connectivity index (χ2v) is 6.04. The van der Waals surface area contributed by atoms with Gasteiger partial charge in [0.1, 0.15) is 11.7 Å². The minimum Gasteiger partial charge on any atom is -0.483 e. The zero-order valence-electron chi connectivity index (χ0n) is 13.2. The van der Waals surface area contributed by atoms with E-state index in [2.05, 4.69) is 6.07 Å². The van der Waals surface area contributed by atoms with Gasteiger partial charge < -0.3 is 9.30 Å². The van der Waals surface area contributed by atoms with Crippen molar-refractivity contribution in [3.63, 3.8) is 0 Å². The average Bonchev–Trinajstić information content (AvgIpc) is 2.50. The topological polar surface area (TPSA) is 31.2 Å². The second kappa shape index (κ2) is 9.90. The number of pyridine rings is 1. The fourth-order valence-corrected chi connectivity index (χ4v) is 2.58. The van der Waals surface area contributed by atoms with Gasteiger partial charge in [-0.3, -0.25) is 4.79 Å². The van der Waals surface area contributed by atoms with Crippen molar-refractivity contribution in [3.8, 4) is 17.0 Å². The van der Waals surface area contributed by atoms with Crippen LogP contribution in [0.15, 0.2) is 29.1 Å². The summed E-state index contributed by atoms with van der Waals surface area (Å²) in [4.78, 5) is 12.2. The number of nitrogens with zero attached hydrogens (tertiary/aromatic N) is 1. The van der Waals surface area contributed by atoms with E-state index in [1.165, 1.54) is 17.8 Å². The van der Waals surface area contributed by atoms with Crippen LogP contribution in [-0.4, -0.2) is 23.2 Å². The molecular weight excluding hydrogens is 433 g/mol. The summed E-state index contributed by atoms with van der Waals surface area (Å²) in [5.41, 5.74) is 0.575. The largest absolute Gasteiger partial charge is 0.483 e. The third-order valence-corrected chi connectivity index (χ3v) is 3.80. The third kappa shape index (κ3) is 5.28. The molecule has 1 heterocycles. The Morgan fingerprint density at radius 1 is 1.42 bits per heavy atom. The molecule has 3 nitrogen and oxygen atoms in total. The van der Waals surface area contributed by atoms with Crippen molar-refractivity contribution in [2.75, 3.05) is 12.2 Å². The van der Waals surface area contributed by atoms with E-state index >= 15 is 0 Å². The van der Waals surface area contributed by atoms with Crippen LogP contribution in [0.5, 0.6) is 5.75 Å². The quantitative estimate of drug-likeness (QED) is 0.490. The van der Waals surface area contributed by atoms with Crippen molar-refractivity contribution < 1.29 is 46.2 Å². The van der Waals surface area contributed by atoms with Gasteiger partial charge in [-0.25, -0.2) is 8.78 Å². The maximum absolute atomic E-state index is 12.8. The van der Waals surface area contributed by atoms with Crippen LogP contribution in [0.2, 0.25) is 5.02 Å². The van der Waals surface area contributed by atoms with Crippen molar-refractivity contribution in [3.05, 3.63) is 51.3 Å². The average molecular weight is 448 g/mol. The Labute approximate surface area is 173 Å². The fourth-order valence-electron chi connectivity index (χ4n) is 2.07. The number of aryl methyl sites for hydroxylation is 1. The van der Waals surface area contributed by atoms with Crippen molar-refractivity contribution in [2.24, 2.45) is 0 Å². The third-order valence-electron chi connectivity index (χ3n) is 3.14. The summed E-state index contributed by atoms with van der Waals surface area (Å²) < 4.78 is 32.1. The van der Waals surface area contributed by atoms with Crippen molar-refractivity contribution in [2.45, 2.75) is 19.9 Å². The molecule has 0 unspecified atom stereocenters. The van der Waals surface area contributed by atoms with Crippen molar-refractivity contribution in [1.82, 2.24) is 4.57 Å². The molecule has 24 heavy (non-hydrogen) atoms. The number of aromatic nitrogens is 1. The Balaban J connectivity index is 0.00000288. The van der Waals surface area contributed by atoms with Gasteiger partial charge in [-0.1, -0.05) is 35.3 Å². The van der Waals surface area contributed by atoms with Crippen LogP contribution in [0.1, 0.15) is 5.56 Å². The normalized spacial score (nSPS) is 10.6. The molecule has 8 heteroatoms. The fraction of sp³-hybridized carbons (Fsp3) is 0.312. The number of ether oxygens (including phenoxy) is 1. The first kappa shape index (κ1) is 21.6. The number of hydrogen-bond acceptors (Lipinski definition) is 3. The number of alkyl halides is 2. The molecule has 0 fully saturated rings. The number of hydrogen-bond donors (Lipinski definition) is 0. The van der Waals surface area contributed by atoms with E-state index in [0.29, 0.717) is 27.8 Å². The van der Waals surface area contributed by atoms with E-state index in [0.717, 1.165) is 4.57 Å². The van der Waals surface area contributed by atoms with Crippen LogP contribution < -0.4 is 10.3 Å². The van der Waals surface area contributed by atoms with Gasteiger partial charge in [0.2, 0.25) is 0 Å². The molecule has 0 spiro atoms. The molecule has 127 valence electrons. The molecule has 0 saturated heterocycles. The standard InChI is InChI=1S/C16H15ClF2NO2S.Y/c1-10-3-6-14(20(16(10)21)8-15(18)19)12-5-4-11(7-13(12)17)22-9-23-2;/h3-5,7,15H,8-9H2,1-2H3;/q-1;. The van der Waals surface area contributed by atoms with Crippen molar-refractivity contribution in [1.29, 1.82) is 0 Å². The maximum Gasteiger partial charge on any atom is 0.256 e. The van der Waals surface area contributed by atoms with Gasteiger partial charge in [-0.05, 0) is 23.4 Å². The minimum atomic E-state index is -2.65. The molecule has 0 saturated carbocycles. The van der Waals surface area contributed by atoms with Gasteiger partial charge in [0.25, 0.3) is 6.43 Å². The van der Waals surface area contributed by atoms with Gasteiger partial charge in [0, 0.05) is 32.7 Å². The summed E-state index contributed by atoms with van der Waals surface area (Å²) >= 11 is 7.75. The first-order valence-electron chi connectivity index (χ1n) is 6.76. The zero-order chi connectivity index (χ0) is 17.0. The number of thioether (sulfide) groups is 1. The smallest absolute Gasteiger partial charge is 0.256 e. The molecule has 0 atom stereocenters. The Morgan fingerprint density at radius 2 is 2.12 bits per heavy atom. The molecule has 1 aromatic heterocycles. The SMILES string of the molecule is CSCOc1ccc(-c2[c-]cc(C)c(=O)n2CC(F)F)c(Cl)c1.[Y]. The molecule has 1 radical (unpaired) electrons. The Morgan fingerprint density at radius 3 is 2.71 bits per heavy atom. The molecule has 0 amide bonds. The van der Waals surface area contributed by atoms with E-state index in [-0.39, 0.29) is 38.4 Å². The summed E-state index contributed by atoms with van der Waals surface area (Å²) in [7, 11) is 0. The Bertz CT molecular complexity index is 755. The van der Waals surface area contributed by atoms with Gasteiger partial charge in [0.15, 0.2) is 5.56 Å². The van der Waals surface area contributed by atoms with Gasteiger partial charge in [0.05, 0.1) is 6.54 Å². The maximum atomic E-state index is 12.8. The molecule has 1 aromatic carbocycles. The summed E-state index contributed by atoms with van der Waals surface area (Å²) in [6.07, 6.45) is -0.745. The van der Waals surface area contributed by atoms with Crippen LogP contribution >= 0.6 is 23.4 Å². The molecular formula is C16H15ClF2NO2SY-. The molecule has 0 bridgehead atoms. The van der Waals surface area contributed by atoms with Gasteiger partial charge in [-0.15, -0.1) is 17.8 Å².